The minimum atomic E-state index is -0.962. The molecule has 2 aromatic rings. The van der Waals surface area contributed by atoms with E-state index in [0.29, 0.717) is 18.8 Å². The van der Waals surface area contributed by atoms with Gasteiger partial charge in [0.1, 0.15) is 5.56 Å². The van der Waals surface area contributed by atoms with Gasteiger partial charge in [-0.05, 0) is 13.0 Å². The predicted molar refractivity (Wildman–Crippen MR) is 76.8 cm³/mol. The highest BCUT2D eigenvalue weighted by atomic mass is 16.4. The molecule has 0 saturated carbocycles. The molecule has 0 atom stereocenters. The lowest BCUT2D eigenvalue weighted by Crippen LogP contribution is -2.25. The van der Waals surface area contributed by atoms with Crippen LogP contribution in [0.5, 0.6) is 0 Å². The maximum atomic E-state index is 11.4. The van der Waals surface area contributed by atoms with E-state index in [1.165, 1.54) is 6.20 Å². The number of fused-ring (bicyclic) bond motifs is 1. The number of nitrogens with zero attached hydrogens (tertiary/aromatic N) is 2. The summed E-state index contributed by atoms with van der Waals surface area (Å²) in [6.45, 7) is 7.02. The van der Waals surface area contributed by atoms with Crippen molar-refractivity contribution in [3.05, 3.63) is 48.7 Å². The van der Waals surface area contributed by atoms with E-state index in [-0.39, 0.29) is 5.56 Å². The summed E-state index contributed by atoms with van der Waals surface area (Å²) >= 11 is 0. The summed E-state index contributed by atoms with van der Waals surface area (Å²) in [6, 6.07) is 7.56. The van der Waals surface area contributed by atoms with E-state index < -0.39 is 5.97 Å². The minimum absolute atomic E-state index is 0.224. The van der Waals surface area contributed by atoms with Crippen molar-refractivity contribution in [3.8, 4) is 0 Å². The Labute approximate surface area is 112 Å². The van der Waals surface area contributed by atoms with E-state index in [0.717, 1.165) is 10.9 Å². The Morgan fingerprint density at radius 2 is 2.21 bits per heavy atom. The van der Waals surface area contributed by atoms with Crippen molar-refractivity contribution in [2.24, 2.45) is 0 Å². The van der Waals surface area contributed by atoms with E-state index in [1.54, 1.807) is 6.08 Å². The molecule has 1 N–H and O–H groups in total. The molecule has 4 nitrogen and oxygen atoms in total. The first kappa shape index (κ1) is 13.1. The lowest BCUT2D eigenvalue weighted by molar-refractivity contribution is 0.0697. The van der Waals surface area contributed by atoms with E-state index in [9.17, 15) is 9.90 Å². The average Bonchev–Trinajstić information content (AvgIpc) is 2.43. The number of rotatable bonds is 5. The topological polar surface area (TPSA) is 53.4 Å². The van der Waals surface area contributed by atoms with Gasteiger partial charge in [0, 0.05) is 24.7 Å². The number of anilines is 1. The smallest absolute Gasteiger partial charge is 0.339 e. The van der Waals surface area contributed by atoms with Crippen molar-refractivity contribution in [1.82, 2.24) is 4.98 Å². The van der Waals surface area contributed by atoms with Crippen LogP contribution >= 0.6 is 0 Å². The highest BCUT2D eigenvalue weighted by Crippen LogP contribution is 2.29. The quantitative estimate of drug-likeness (QED) is 0.836. The molecule has 0 unspecified atom stereocenters. The maximum Gasteiger partial charge on any atom is 0.339 e. The Kier molecular flexibility index (Phi) is 3.80. The van der Waals surface area contributed by atoms with Crippen molar-refractivity contribution in [2.45, 2.75) is 6.92 Å². The fraction of sp³-hybridized carbons (Fsp3) is 0.200. The Morgan fingerprint density at radius 3 is 2.84 bits per heavy atom. The molecule has 98 valence electrons. The highest BCUT2D eigenvalue weighted by Gasteiger charge is 2.18. The normalized spacial score (nSPS) is 10.4. The third-order valence-electron chi connectivity index (χ3n) is 3.02. The summed E-state index contributed by atoms with van der Waals surface area (Å²) in [5.41, 5.74) is 1.73. The van der Waals surface area contributed by atoms with Gasteiger partial charge in [-0.25, -0.2) is 4.79 Å². The second kappa shape index (κ2) is 5.52. The van der Waals surface area contributed by atoms with Gasteiger partial charge in [-0.15, -0.1) is 6.58 Å². The van der Waals surface area contributed by atoms with Crippen LogP contribution in [0.4, 0.5) is 5.69 Å². The van der Waals surface area contributed by atoms with Crippen LogP contribution in [0.15, 0.2) is 43.1 Å². The number of benzene rings is 1. The number of hydrogen-bond donors (Lipinski definition) is 1. The van der Waals surface area contributed by atoms with Gasteiger partial charge in [0.25, 0.3) is 0 Å². The number of carboxylic acids is 1. The third kappa shape index (κ3) is 2.42. The molecule has 1 heterocycles. The third-order valence-corrected chi connectivity index (χ3v) is 3.02. The van der Waals surface area contributed by atoms with Gasteiger partial charge in [-0.2, -0.15) is 0 Å². The fourth-order valence-electron chi connectivity index (χ4n) is 2.16. The van der Waals surface area contributed by atoms with E-state index in [2.05, 4.69) is 11.6 Å². The molecule has 1 aromatic carbocycles. The van der Waals surface area contributed by atoms with Gasteiger partial charge in [-0.3, -0.25) is 4.98 Å². The first-order valence-electron chi connectivity index (χ1n) is 6.16. The van der Waals surface area contributed by atoms with E-state index >= 15 is 0 Å². The number of carboxylic acid groups (broad SMARTS) is 1. The van der Waals surface area contributed by atoms with Crippen LogP contribution in [0.25, 0.3) is 10.9 Å². The summed E-state index contributed by atoms with van der Waals surface area (Å²) in [5, 5.41) is 10.2. The van der Waals surface area contributed by atoms with Crippen molar-refractivity contribution >= 4 is 22.6 Å². The number of hydrogen-bond acceptors (Lipinski definition) is 3. The fourth-order valence-corrected chi connectivity index (χ4v) is 2.16. The van der Waals surface area contributed by atoms with Gasteiger partial charge in [-0.1, -0.05) is 24.3 Å². The molecule has 0 radical (unpaired) electrons. The average molecular weight is 256 g/mol. The first-order chi connectivity index (χ1) is 9.19. The number of aromatic carboxylic acids is 1. The molecule has 0 fully saturated rings. The Hall–Kier alpha value is -2.36. The molecule has 0 aliphatic carbocycles. The molecule has 0 spiro atoms. The van der Waals surface area contributed by atoms with E-state index in [1.807, 2.05) is 36.1 Å². The van der Waals surface area contributed by atoms with Crippen LogP contribution in [-0.2, 0) is 0 Å². The first-order valence-corrected chi connectivity index (χ1v) is 6.16. The van der Waals surface area contributed by atoms with Gasteiger partial charge in [0.2, 0.25) is 0 Å². The molecule has 0 aliphatic rings. The molecular formula is C15H16N2O2. The molecule has 0 bridgehead atoms. The molecule has 0 saturated heterocycles. The second-order valence-corrected chi connectivity index (χ2v) is 4.17. The number of likely N-dealkylation sites (N-methyl/N-ethyl adjacent to an activating group) is 1. The molecule has 19 heavy (non-hydrogen) atoms. The largest absolute Gasteiger partial charge is 0.478 e. The van der Waals surface area contributed by atoms with Gasteiger partial charge in [0.15, 0.2) is 0 Å². The van der Waals surface area contributed by atoms with Crippen molar-refractivity contribution in [1.29, 1.82) is 0 Å². The highest BCUT2D eigenvalue weighted by molar-refractivity contribution is 6.04. The molecular weight excluding hydrogens is 240 g/mol. The summed E-state index contributed by atoms with van der Waals surface area (Å²) in [4.78, 5) is 17.6. The molecule has 0 amide bonds. The Balaban J connectivity index is 2.74. The van der Waals surface area contributed by atoms with Crippen LogP contribution < -0.4 is 4.90 Å². The number of para-hydroxylation sites is 1. The second-order valence-electron chi connectivity index (χ2n) is 4.17. The van der Waals surface area contributed by atoms with Crippen LogP contribution in [0.3, 0.4) is 0 Å². The number of carbonyl (C=O) groups is 1. The Bertz CT molecular complexity index is 623. The summed E-state index contributed by atoms with van der Waals surface area (Å²) in [6.07, 6.45) is 3.19. The Morgan fingerprint density at radius 1 is 1.47 bits per heavy atom. The lowest BCUT2D eigenvalue weighted by Gasteiger charge is -2.24. The van der Waals surface area contributed by atoms with Gasteiger partial charge < -0.3 is 10.0 Å². The van der Waals surface area contributed by atoms with Crippen molar-refractivity contribution in [3.63, 3.8) is 0 Å². The summed E-state index contributed by atoms with van der Waals surface area (Å²) < 4.78 is 0. The van der Waals surface area contributed by atoms with Crippen molar-refractivity contribution in [2.75, 3.05) is 18.0 Å². The molecule has 1 aromatic heterocycles. The zero-order chi connectivity index (χ0) is 13.8. The van der Waals surface area contributed by atoms with Gasteiger partial charge >= 0.3 is 5.97 Å². The van der Waals surface area contributed by atoms with Crippen LogP contribution in [0.1, 0.15) is 17.3 Å². The molecule has 0 aliphatic heterocycles. The zero-order valence-corrected chi connectivity index (χ0v) is 10.8. The maximum absolute atomic E-state index is 11.4. The zero-order valence-electron chi connectivity index (χ0n) is 10.8. The standard InChI is InChI=1S/C15H16N2O2/c1-3-9-17(4-2)14-11-7-5-6-8-13(11)16-10-12(14)15(18)19/h3,5-8,10H,1,4,9H2,2H3,(H,18,19). The molecule has 2 rings (SSSR count). The van der Waals surface area contributed by atoms with E-state index in [4.69, 9.17) is 0 Å². The summed E-state index contributed by atoms with van der Waals surface area (Å²) in [7, 11) is 0. The summed E-state index contributed by atoms with van der Waals surface area (Å²) in [5.74, 6) is -0.962. The minimum Gasteiger partial charge on any atom is -0.478 e. The number of pyridine rings is 1. The monoisotopic (exact) mass is 256 g/mol. The van der Waals surface area contributed by atoms with Crippen LogP contribution in [-0.4, -0.2) is 29.1 Å². The van der Waals surface area contributed by atoms with Crippen LogP contribution in [0.2, 0.25) is 0 Å². The predicted octanol–water partition coefficient (Wildman–Crippen LogP) is 2.95. The molecule has 4 heteroatoms. The van der Waals surface area contributed by atoms with Gasteiger partial charge in [0.05, 0.1) is 11.2 Å². The van der Waals surface area contributed by atoms with Crippen molar-refractivity contribution < 1.29 is 9.90 Å². The lowest BCUT2D eigenvalue weighted by atomic mass is 10.1. The van der Waals surface area contributed by atoms with Crippen LogP contribution in [0, 0.1) is 0 Å². The SMILES string of the molecule is C=CCN(CC)c1c(C(=O)O)cnc2ccccc12. The number of aromatic nitrogens is 1.